The third-order valence-electron chi connectivity index (χ3n) is 4.40. The summed E-state index contributed by atoms with van der Waals surface area (Å²) in [5.41, 5.74) is 6.13. The van der Waals surface area contributed by atoms with Crippen molar-refractivity contribution >= 4 is 35.3 Å². The second-order valence-electron chi connectivity index (χ2n) is 6.56. The molecule has 1 amide bonds. The summed E-state index contributed by atoms with van der Waals surface area (Å²) in [5.74, 6) is -0.518. The van der Waals surface area contributed by atoms with E-state index >= 15 is 0 Å². The normalized spacial score (nSPS) is 10.9. The Morgan fingerprint density at radius 1 is 0.806 bits per heavy atom. The van der Waals surface area contributed by atoms with Crippen molar-refractivity contribution < 1.29 is 4.79 Å². The van der Waals surface area contributed by atoms with Crippen molar-refractivity contribution in [1.29, 1.82) is 0 Å². The fourth-order valence-corrected chi connectivity index (χ4v) is 3.34. The molecule has 0 fully saturated rings. The van der Waals surface area contributed by atoms with Crippen LogP contribution in [0.25, 0.3) is 22.5 Å². The highest BCUT2D eigenvalue weighted by molar-refractivity contribution is 6.36. The summed E-state index contributed by atoms with van der Waals surface area (Å²) in [6.07, 6.45) is 1.44. The summed E-state index contributed by atoms with van der Waals surface area (Å²) in [4.78, 5) is 21.6. The number of nitrogens with one attached hydrogen (secondary N) is 1. The molecule has 0 aliphatic rings. The molecular formula is C24H16Cl2N4O. The molecule has 31 heavy (non-hydrogen) atoms. The van der Waals surface area contributed by atoms with Crippen molar-refractivity contribution in [3.8, 4) is 22.5 Å². The highest BCUT2D eigenvalue weighted by Crippen LogP contribution is 2.24. The number of carbonyl (C=O) groups is 1. The van der Waals surface area contributed by atoms with Gasteiger partial charge in [-0.2, -0.15) is 5.10 Å². The van der Waals surface area contributed by atoms with Crippen LogP contribution in [0.2, 0.25) is 10.0 Å². The van der Waals surface area contributed by atoms with Crippen LogP contribution >= 0.6 is 23.2 Å². The first-order valence-electron chi connectivity index (χ1n) is 9.38. The smallest absolute Gasteiger partial charge is 0.264 e. The van der Waals surface area contributed by atoms with Gasteiger partial charge >= 0.3 is 5.91 Å². The molecule has 0 saturated heterocycles. The van der Waals surface area contributed by atoms with E-state index in [9.17, 15) is 4.79 Å². The van der Waals surface area contributed by atoms with Crippen LogP contribution in [0.5, 0.6) is 0 Å². The molecule has 1 heterocycles. The van der Waals surface area contributed by atoms with E-state index in [1.807, 2.05) is 66.7 Å². The third kappa shape index (κ3) is 5.15. The first kappa shape index (κ1) is 20.7. The number of benzene rings is 3. The molecule has 0 aliphatic carbocycles. The molecule has 4 aromatic rings. The number of hydrazone groups is 1. The molecule has 0 spiro atoms. The summed E-state index contributed by atoms with van der Waals surface area (Å²) < 4.78 is 0. The zero-order valence-electron chi connectivity index (χ0n) is 16.2. The predicted octanol–water partition coefficient (Wildman–Crippen LogP) is 5.88. The van der Waals surface area contributed by atoms with Gasteiger partial charge in [-0.05, 0) is 18.2 Å². The maximum absolute atomic E-state index is 12.7. The monoisotopic (exact) mass is 446 g/mol. The number of amides is 1. The summed E-state index contributed by atoms with van der Waals surface area (Å²) in [5, 5.41) is 4.93. The highest BCUT2D eigenvalue weighted by Gasteiger charge is 2.14. The molecule has 5 nitrogen and oxygen atoms in total. The van der Waals surface area contributed by atoms with Crippen LogP contribution in [0.15, 0.2) is 90.0 Å². The quantitative estimate of drug-likeness (QED) is 0.307. The lowest BCUT2D eigenvalue weighted by Gasteiger charge is -2.08. The van der Waals surface area contributed by atoms with Gasteiger partial charge in [0.25, 0.3) is 0 Å². The number of rotatable bonds is 5. The van der Waals surface area contributed by atoms with E-state index in [1.54, 1.807) is 18.2 Å². The molecule has 0 radical (unpaired) electrons. The van der Waals surface area contributed by atoms with E-state index in [2.05, 4.69) is 20.5 Å². The zero-order chi connectivity index (χ0) is 21.6. The van der Waals surface area contributed by atoms with E-state index in [4.69, 9.17) is 23.2 Å². The second kappa shape index (κ2) is 9.51. The van der Waals surface area contributed by atoms with Crippen LogP contribution in [0.1, 0.15) is 16.2 Å². The van der Waals surface area contributed by atoms with Gasteiger partial charge in [0.15, 0.2) is 0 Å². The van der Waals surface area contributed by atoms with Gasteiger partial charge in [-0.15, -0.1) is 0 Å². The Labute approximate surface area is 189 Å². The molecule has 1 aromatic heterocycles. The standard InChI is InChI=1S/C24H16Cl2N4O/c25-19-12-11-18(20(26)13-19)15-27-30-24(31)23-28-21(16-7-3-1-4-8-16)14-22(29-23)17-9-5-2-6-10-17/h1-15H,(H,30,31). The van der Waals surface area contributed by atoms with E-state index in [0.29, 0.717) is 27.0 Å². The number of hydrogen-bond donors (Lipinski definition) is 1. The number of nitrogens with zero attached hydrogens (tertiary/aromatic N) is 3. The fourth-order valence-electron chi connectivity index (χ4n) is 2.88. The average Bonchev–Trinajstić information content (AvgIpc) is 2.81. The maximum atomic E-state index is 12.7. The molecule has 4 rings (SSSR count). The van der Waals surface area contributed by atoms with Crippen molar-refractivity contribution in [3.63, 3.8) is 0 Å². The van der Waals surface area contributed by atoms with E-state index < -0.39 is 5.91 Å². The van der Waals surface area contributed by atoms with Gasteiger partial charge in [0.1, 0.15) is 0 Å². The first-order valence-corrected chi connectivity index (χ1v) is 10.1. The van der Waals surface area contributed by atoms with Gasteiger partial charge in [0.2, 0.25) is 5.82 Å². The Hall–Kier alpha value is -3.54. The third-order valence-corrected chi connectivity index (χ3v) is 4.96. The van der Waals surface area contributed by atoms with Crippen LogP contribution in [0, 0.1) is 0 Å². The second-order valence-corrected chi connectivity index (χ2v) is 7.40. The predicted molar refractivity (Wildman–Crippen MR) is 124 cm³/mol. The zero-order valence-corrected chi connectivity index (χ0v) is 17.7. The molecule has 0 aliphatic heterocycles. The highest BCUT2D eigenvalue weighted by atomic mass is 35.5. The number of halogens is 2. The lowest BCUT2D eigenvalue weighted by atomic mass is 10.1. The maximum Gasteiger partial charge on any atom is 0.309 e. The van der Waals surface area contributed by atoms with E-state index in [-0.39, 0.29) is 5.82 Å². The van der Waals surface area contributed by atoms with Gasteiger partial charge in [-0.25, -0.2) is 15.4 Å². The molecule has 7 heteroatoms. The Kier molecular flexibility index (Phi) is 6.36. The van der Waals surface area contributed by atoms with Crippen LogP contribution in [-0.2, 0) is 0 Å². The minimum atomic E-state index is -0.531. The van der Waals surface area contributed by atoms with Gasteiger partial charge < -0.3 is 0 Å². The van der Waals surface area contributed by atoms with Crippen molar-refractivity contribution in [2.75, 3.05) is 0 Å². The van der Waals surface area contributed by atoms with E-state index in [1.165, 1.54) is 6.21 Å². The molecule has 3 aromatic carbocycles. The Bertz CT molecular complexity index is 1190. The Morgan fingerprint density at radius 2 is 1.39 bits per heavy atom. The molecular weight excluding hydrogens is 431 g/mol. The number of hydrogen-bond acceptors (Lipinski definition) is 4. The molecule has 1 N–H and O–H groups in total. The van der Waals surface area contributed by atoms with Gasteiger partial charge in [-0.3, -0.25) is 4.79 Å². The first-order chi connectivity index (χ1) is 15.1. The summed E-state index contributed by atoms with van der Waals surface area (Å²) in [6, 6.07) is 26.1. The topological polar surface area (TPSA) is 67.2 Å². The minimum absolute atomic E-state index is 0.0135. The summed E-state index contributed by atoms with van der Waals surface area (Å²) in [6.45, 7) is 0. The van der Waals surface area contributed by atoms with Gasteiger partial charge in [-0.1, -0.05) is 89.9 Å². The van der Waals surface area contributed by atoms with Crippen molar-refractivity contribution in [2.45, 2.75) is 0 Å². The largest absolute Gasteiger partial charge is 0.309 e. The van der Waals surface area contributed by atoms with Crippen LogP contribution in [0.4, 0.5) is 0 Å². The van der Waals surface area contributed by atoms with Crippen LogP contribution < -0.4 is 5.43 Å². The SMILES string of the molecule is O=C(NN=Cc1ccc(Cl)cc1Cl)c1nc(-c2ccccc2)cc(-c2ccccc2)n1. The summed E-state index contributed by atoms with van der Waals surface area (Å²) >= 11 is 12.0. The van der Waals surface area contributed by atoms with Crippen molar-refractivity contribution in [1.82, 2.24) is 15.4 Å². The number of aromatic nitrogens is 2. The Morgan fingerprint density at radius 3 is 1.94 bits per heavy atom. The minimum Gasteiger partial charge on any atom is -0.264 e. The molecule has 0 unspecified atom stereocenters. The molecule has 0 saturated carbocycles. The van der Waals surface area contributed by atoms with Gasteiger partial charge in [0, 0.05) is 21.7 Å². The molecule has 0 bridgehead atoms. The van der Waals surface area contributed by atoms with Gasteiger partial charge in [0.05, 0.1) is 22.6 Å². The average molecular weight is 447 g/mol. The lowest BCUT2D eigenvalue weighted by Crippen LogP contribution is -2.21. The molecule has 152 valence electrons. The summed E-state index contributed by atoms with van der Waals surface area (Å²) in [7, 11) is 0. The van der Waals surface area contributed by atoms with Crippen molar-refractivity contribution in [3.05, 3.63) is 106 Å². The van der Waals surface area contributed by atoms with Crippen molar-refractivity contribution in [2.24, 2.45) is 5.10 Å². The van der Waals surface area contributed by atoms with E-state index in [0.717, 1.165) is 11.1 Å². The lowest BCUT2D eigenvalue weighted by molar-refractivity contribution is 0.0945. The Balaban J connectivity index is 1.64. The van der Waals surface area contributed by atoms with Crippen LogP contribution in [0.3, 0.4) is 0 Å². The molecule has 0 atom stereocenters. The van der Waals surface area contributed by atoms with Crippen LogP contribution in [-0.4, -0.2) is 22.1 Å². The fraction of sp³-hybridized carbons (Fsp3) is 0. The number of carbonyl (C=O) groups excluding carboxylic acids is 1.